The second-order valence-corrected chi connectivity index (χ2v) is 6.97. The van der Waals surface area contributed by atoms with Gasteiger partial charge in [-0.15, -0.1) is 0 Å². The Morgan fingerprint density at radius 1 is 1.29 bits per heavy atom. The number of hydrogen-bond acceptors (Lipinski definition) is 3. The number of amides is 1. The minimum atomic E-state index is -2.53. The Labute approximate surface area is 141 Å². The van der Waals surface area contributed by atoms with Crippen molar-refractivity contribution in [3.05, 3.63) is 42.5 Å². The van der Waals surface area contributed by atoms with Crippen LogP contribution in [-0.4, -0.2) is 42.2 Å². The maximum Gasteiger partial charge on any atom is 0.407 e. The highest BCUT2D eigenvalue weighted by Crippen LogP contribution is 2.29. The zero-order chi connectivity index (χ0) is 17.9. The molecule has 2 unspecified atom stereocenters. The van der Waals surface area contributed by atoms with Crippen molar-refractivity contribution < 1.29 is 18.3 Å². The summed E-state index contributed by atoms with van der Waals surface area (Å²) in [6.45, 7) is 9.63. The summed E-state index contributed by atoms with van der Waals surface area (Å²) in [6, 6.07) is 8.72. The van der Waals surface area contributed by atoms with Crippen molar-refractivity contribution >= 4 is 11.8 Å². The first-order chi connectivity index (χ1) is 11.2. The fourth-order valence-corrected chi connectivity index (χ4v) is 2.73. The number of alkyl halides is 2. The van der Waals surface area contributed by atoms with Gasteiger partial charge in [0.1, 0.15) is 5.60 Å². The summed E-state index contributed by atoms with van der Waals surface area (Å²) in [7, 11) is 0. The molecule has 1 N–H and O–H groups in total. The van der Waals surface area contributed by atoms with E-state index in [1.54, 1.807) is 25.7 Å². The Morgan fingerprint density at radius 3 is 2.46 bits per heavy atom. The van der Waals surface area contributed by atoms with Gasteiger partial charge in [0, 0.05) is 18.8 Å². The molecule has 4 nitrogen and oxygen atoms in total. The van der Waals surface area contributed by atoms with Gasteiger partial charge in [-0.05, 0) is 26.3 Å². The number of alkyl carbamates (subject to hydrolysis) is 1. The van der Waals surface area contributed by atoms with Crippen LogP contribution in [0.3, 0.4) is 0 Å². The predicted octanol–water partition coefficient (Wildman–Crippen LogP) is 3.75. The molecule has 132 valence electrons. The standard InChI is InChI=1S/C18H24F2N2O2/c1-12(13-8-6-5-7-9-13)22-10-14(16(19)20)15(11-22)21-17(23)24-18(2,3)4/h5-9,14-16H,1,10-11H2,2-4H3,(H,21,23). The van der Waals surface area contributed by atoms with E-state index >= 15 is 0 Å². The smallest absolute Gasteiger partial charge is 0.407 e. The molecule has 1 heterocycles. The summed E-state index contributed by atoms with van der Waals surface area (Å²) in [6.07, 6.45) is -3.20. The number of carbonyl (C=O) groups excluding carboxylic acids is 1. The Morgan fingerprint density at radius 2 is 1.92 bits per heavy atom. The van der Waals surface area contributed by atoms with Crippen LogP contribution in [0.4, 0.5) is 13.6 Å². The lowest BCUT2D eigenvalue weighted by Gasteiger charge is -2.24. The molecule has 1 aromatic carbocycles. The third-order valence-electron chi connectivity index (χ3n) is 3.88. The summed E-state index contributed by atoms with van der Waals surface area (Å²) in [4.78, 5) is 13.7. The van der Waals surface area contributed by atoms with Gasteiger partial charge >= 0.3 is 6.09 Å². The number of hydrogen-bond donors (Lipinski definition) is 1. The van der Waals surface area contributed by atoms with Crippen LogP contribution in [-0.2, 0) is 4.74 Å². The highest BCUT2D eigenvalue weighted by Gasteiger charge is 2.40. The Hall–Kier alpha value is -2.11. The molecule has 0 bridgehead atoms. The Kier molecular flexibility index (Phi) is 5.47. The monoisotopic (exact) mass is 338 g/mol. The molecule has 2 rings (SSSR count). The van der Waals surface area contributed by atoms with Gasteiger partial charge < -0.3 is 15.0 Å². The molecule has 1 saturated heterocycles. The van der Waals surface area contributed by atoms with E-state index in [2.05, 4.69) is 11.9 Å². The number of halogens is 2. The molecule has 1 fully saturated rings. The largest absolute Gasteiger partial charge is 0.444 e. The van der Waals surface area contributed by atoms with Crippen LogP contribution in [0, 0.1) is 5.92 Å². The van der Waals surface area contributed by atoms with E-state index in [4.69, 9.17) is 4.74 Å². The van der Waals surface area contributed by atoms with Crippen molar-refractivity contribution in [3.63, 3.8) is 0 Å². The topological polar surface area (TPSA) is 41.6 Å². The summed E-state index contributed by atoms with van der Waals surface area (Å²) in [5.41, 5.74) is 0.884. The van der Waals surface area contributed by atoms with Crippen LogP contribution in [0.2, 0.25) is 0 Å². The molecule has 1 amide bonds. The quantitative estimate of drug-likeness (QED) is 0.909. The van der Waals surface area contributed by atoms with Gasteiger partial charge in [0.15, 0.2) is 0 Å². The van der Waals surface area contributed by atoms with E-state index in [1.807, 2.05) is 30.3 Å². The van der Waals surface area contributed by atoms with E-state index in [9.17, 15) is 13.6 Å². The van der Waals surface area contributed by atoms with Crippen molar-refractivity contribution in [2.75, 3.05) is 13.1 Å². The average molecular weight is 338 g/mol. The van der Waals surface area contributed by atoms with Gasteiger partial charge in [0.25, 0.3) is 0 Å². The van der Waals surface area contributed by atoms with Gasteiger partial charge in [-0.2, -0.15) is 0 Å². The van der Waals surface area contributed by atoms with Gasteiger partial charge in [-0.1, -0.05) is 36.9 Å². The van der Waals surface area contributed by atoms with Gasteiger partial charge in [-0.3, -0.25) is 0 Å². The number of likely N-dealkylation sites (tertiary alicyclic amines) is 1. The summed E-state index contributed by atoms with van der Waals surface area (Å²) in [5.74, 6) is -0.960. The van der Waals surface area contributed by atoms with Crippen LogP contribution in [0.5, 0.6) is 0 Å². The Bertz CT molecular complexity index is 584. The molecule has 0 radical (unpaired) electrons. The fourth-order valence-electron chi connectivity index (χ4n) is 2.73. The zero-order valence-electron chi connectivity index (χ0n) is 14.3. The lowest BCUT2D eigenvalue weighted by molar-refractivity contribution is 0.0408. The Balaban J connectivity index is 2.06. The van der Waals surface area contributed by atoms with Gasteiger partial charge in [0.2, 0.25) is 6.43 Å². The molecule has 1 aliphatic heterocycles. The number of carbonyl (C=O) groups is 1. The van der Waals surface area contributed by atoms with E-state index in [1.165, 1.54) is 0 Å². The van der Waals surface area contributed by atoms with Crippen LogP contribution in [0.1, 0.15) is 26.3 Å². The van der Waals surface area contributed by atoms with Gasteiger partial charge in [-0.25, -0.2) is 13.6 Å². The summed E-state index contributed by atoms with van der Waals surface area (Å²) >= 11 is 0. The summed E-state index contributed by atoms with van der Waals surface area (Å²) < 4.78 is 31.9. The molecule has 0 spiro atoms. The second kappa shape index (κ2) is 7.20. The first-order valence-electron chi connectivity index (χ1n) is 7.94. The van der Waals surface area contributed by atoms with Crippen LogP contribution in [0.25, 0.3) is 5.70 Å². The number of nitrogens with one attached hydrogen (secondary N) is 1. The molecular weight excluding hydrogens is 314 g/mol. The number of benzene rings is 1. The molecule has 1 aromatic rings. The van der Waals surface area contributed by atoms with Crippen LogP contribution >= 0.6 is 0 Å². The van der Waals surface area contributed by atoms with E-state index < -0.39 is 30.1 Å². The average Bonchev–Trinajstić information content (AvgIpc) is 2.89. The van der Waals surface area contributed by atoms with E-state index in [-0.39, 0.29) is 13.1 Å². The van der Waals surface area contributed by atoms with Crippen molar-refractivity contribution in [2.24, 2.45) is 5.92 Å². The van der Waals surface area contributed by atoms with Crippen molar-refractivity contribution in [1.82, 2.24) is 10.2 Å². The lowest BCUT2D eigenvalue weighted by Crippen LogP contribution is -2.44. The molecule has 0 saturated carbocycles. The maximum absolute atomic E-state index is 13.4. The van der Waals surface area contributed by atoms with Gasteiger partial charge in [0.05, 0.1) is 12.0 Å². The minimum absolute atomic E-state index is 0.145. The second-order valence-electron chi connectivity index (χ2n) is 6.97. The minimum Gasteiger partial charge on any atom is -0.444 e. The molecule has 0 aliphatic carbocycles. The zero-order valence-corrected chi connectivity index (χ0v) is 14.3. The molecular formula is C18H24F2N2O2. The van der Waals surface area contributed by atoms with Crippen molar-refractivity contribution in [3.8, 4) is 0 Å². The first kappa shape index (κ1) is 18.2. The lowest BCUT2D eigenvalue weighted by atomic mass is 10.1. The normalized spacial score (nSPS) is 21.0. The third-order valence-corrected chi connectivity index (χ3v) is 3.88. The maximum atomic E-state index is 13.4. The van der Waals surface area contributed by atoms with Crippen LogP contribution < -0.4 is 5.32 Å². The number of rotatable bonds is 4. The van der Waals surface area contributed by atoms with E-state index in [0.29, 0.717) is 5.70 Å². The molecule has 1 aliphatic rings. The molecule has 0 aromatic heterocycles. The highest BCUT2D eigenvalue weighted by molar-refractivity contribution is 5.68. The van der Waals surface area contributed by atoms with Crippen molar-refractivity contribution in [2.45, 2.75) is 38.8 Å². The van der Waals surface area contributed by atoms with E-state index in [0.717, 1.165) is 5.56 Å². The number of ether oxygens (including phenoxy) is 1. The third kappa shape index (κ3) is 4.69. The molecule has 24 heavy (non-hydrogen) atoms. The van der Waals surface area contributed by atoms with Crippen molar-refractivity contribution in [1.29, 1.82) is 0 Å². The summed E-state index contributed by atoms with van der Waals surface area (Å²) in [5, 5.41) is 2.58. The fraction of sp³-hybridized carbons (Fsp3) is 0.500. The molecule has 6 heteroatoms. The SMILES string of the molecule is C=C(c1ccccc1)N1CC(NC(=O)OC(C)(C)C)C(C(F)F)C1. The predicted molar refractivity (Wildman–Crippen MR) is 89.7 cm³/mol. The highest BCUT2D eigenvalue weighted by atomic mass is 19.3. The number of nitrogens with zero attached hydrogens (tertiary/aromatic N) is 1. The molecule has 2 atom stereocenters. The van der Waals surface area contributed by atoms with Crippen LogP contribution in [0.15, 0.2) is 36.9 Å². The first-order valence-corrected chi connectivity index (χ1v) is 7.94.